The first-order valence-corrected chi connectivity index (χ1v) is 10.5. The van der Waals surface area contributed by atoms with Gasteiger partial charge in [0, 0.05) is 22.5 Å². The fraction of sp³-hybridized carbons (Fsp3) is 0. The van der Waals surface area contributed by atoms with E-state index < -0.39 is 0 Å². The van der Waals surface area contributed by atoms with Gasteiger partial charge in [-0.25, -0.2) is 0 Å². The number of ketones is 2. The average molecular weight is 414 g/mol. The molecule has 0 saturated heterocycles. The van der Waals surface area contributed by atoms with E-state index in [1.54, 1.807) is 0 Å². The Kier molecular flexibility index (Phi) is 4.05. The van der Waals surface area contributed by atoms with Crippen LogP contribution in [0.5, 0.6) is 0 Å². The first-order valence-electron chi connectivity index (χ1n) is 10.5. The van der Waals surface area contributed by atoms with Crippen molar-refractivity contribution >= 4 is 34.3 Å². The summed E-state index contributed by atoms with van der Waals surface area (Å²) in [5, 5.41) is 0. The second kappa shape index (κ2) is 7.06. The highest BCUT2D eigenvalue weighted by molar-refractivity contribution is 6.30. The van der Waals surface area contributed by atoms with Crippen LogP contribution in [0.1, 0.15) is 20.7 Å². The molecular weight excluding hydrogens is 396 g/mol. The van der Waals surface area contributed by atoms with E-state index in [1.165, 1.54) is 0 Å². The Balaban J connectivity index is 1.68. The number of fused-ring (bicyclic) bond motifs is 2. The van der Waals surface area contributed by atoms with Crippen LogP contribution in [0.25, 0.3) is 0 Å². The molecule has 4 nitrogen and oxygen atoms in total. The third-order valence-electron chi connectivity index (χ3n) is 5.91. The van der Waals surface area contributed by atoms with E-state index in [-0.39, 0.29) is 11.6 Å². The largest absolute Gasteiger partial charge is 0.304 e. The number of benzene rings is 4. The minimum absolute atomic E-state index is 0.151. The highest BCUT2D eigenvalue weighted by Crippen LogP contribution is 2.47. The zero-order chi connectivity index (χ0) is 21.7. The van der Waals surface area contributed by atoms with Crippen LogP contribution in [-0.2, 0) is 0 Å². The lowest BCUT2D eigenvalue weighted by atomic mass is 10.1. The quantitative estimate of drug-likeness (QED) is 0.363. The maximum atomic E-state index is 13.8. The molecule has 0 fully saturated rings. The Morgan fingerprint density at radius 3 is 1.16 bits per heavy atom. The number of rotatable bonds is 2. The van der Waals surface area contributed by atoms with Crippen molar-refractivity contribution < 1.29 is 9.59 Å². The van der Waals surface area contributed by atoms with Gasteiger partial charge in [0.15, 0.2) is 0 Å². The van der Waals surface area contributed by atoms with Gasteiger partial charge in [-0.05, 0) is 48.5 Å². The molecule has 0 amide bonds. The Bertz CT molecular complexity index is 1300. The molecule has 6 rings (SSSR count). The lowest BCUT2D eigenvalue weighted by molar-refractivity contribution is 0.101. The van der Waals surface area contributed by atoms with Gasteiger partial charge in [-0.2, -0.15) is 0 Å². The summed E-state index contributed by atoms with van der Waals surface area (Å²) >= 11 is 0. The molecule has 2 aliphatic heterocycles. The maximum absolute atomic E-state index is 13.8. The first kappa shape index (κ1) is 18.3. The van der Waals surface area contributed by atoms with Crippen molar-refractivity contribution in [3.63, 3.8) is 0 Å². The van der Waals surface area contributed by atoms with Crippen LogP contribution in [0.2, 0.25) is 0 Å². The zero-order valence-corrected chi connectivity index (χ0v) is 17.1. The summed E-state index contributed by atoms with van der Waals surface area (Å²) in [7, 11) is 0. The lowest BCUT2D eigenvalue weighted by Crippen LogP contribution is -2.25. The third-order valence-corrected chi connectivity index (χ3v) is 5.91. The number of nitrogens with zero attached hydrogens (tertiary/aromatic N) is 2. The summed E-state index contributed by atoms with van der Waals surface area (Å²) in [5.41, 5.74) is 5.18. The smallest absolute Gasteiger partial charge is 0.214 e. The monoisotopic (exact) mass is 414 g/mol. The Morgan fingerprint density at radius 2 is 0.750 bits per heavy atom. The van der Waals surface area contributed by atoms with Crippen LogP contribution < -0.4 is 9.80 Å². The van der Waals surface area contributed by atoms with Crippen LogP contribution in [-0.4, -0.2) is 11.6 Å². The van der Waals surface area contributed by atoms with Crippen molar-refractivity contribution in [2.75, 3.05) is 9.80 Å². The molecule has 0 atom stereocenters. The second-order valence-electron chi connectivity index (χ2n) is 7.73. The van der Waals surface area contributed by atoms with Crippen molar-refractivity contribution in [2.24, 2.45) is 0 Å². The van der Waals surface area contributed by atoms with Crippen LogP contribution in [0.15, 0.2) is 121 Å². The number of allylic oxidation sites excluding steroid dienone is 2. The molecule has 152 valence electrons. The number of para-hydroxylation sites is 4. The number of hydrogen-bond acceptors (Lipinski definition) is 4. The summed E-state index contributed by atoms with van der Waals surface area (Å²) in [6.45, 7) is 0. The highest BCUT2D eigenvalue weighted by Gasteiger charge is 2.43. The van der Waals surface area contributed by atoms with E-state index in [0.29, 0.717) is 22.5 Å². The fourth-order valence-corrected chi connectivity index (χ4v) is 4.54. The van der Waals surface area contributed by atoms with Crippen molar-refractivity contribution in [3.8, 4) is 0 Å². The molecule has 0 radical (unpaired) electrons. The van der Waals surface area contributed by atoms with Crippen LogP contribution in [0, 0.1) is 0 Å². The molecule has 4 aromatic carbocycles. The van der Waals surface area contributed by atoms with E-state index in [4.69, 9.17) is 0 Å². The van der Waals surface area contributed by atoms with Gasteiger partial charge in [0.05, 0.1) is 11.4 Å². The molecule has 0 unspecified atom stereocenters. The van der Waals surface area contributed by atoms with Crippen molar-refractivity contribution in [2.45, 2.75) is 0 Å². The fourth-order valence-electron chi connectivity index (χ4n) is 4.54. The minimum Gasteiger partial charge on any atom is -0.304 e. The van der Waals surface area contributed by atoms with Crippen molar-refractivity contribution in [3.05, 3.63) is 132 Å². The Morgan fingerprint density at radius 1 is 0.406 bits per heavy atom. The van der Waals surface area contributed by atoms with Gasteiger partial charge in [-0.3, -0.25) is 9.59 Å². The van der Waals surface area contributed by atoms with E-state index in [2.05, 4.69) is 0 Å². The lowest BCUT2D eigenvalue weighted by Gasteiger charge is -2.26. The molecule has 0 aromatic heterocycles. The van der Waals surface area contributed by atoms with E-state index in [0.717, 1.165) is 22.7 Å². The molecular formula is C28H18N2O2. The number of anilines is 4. The molecule has 0 saturated carbocycles. The van der Waals surface area contributed by atoms with Crippen LogP contribution >= 0.6 is 0 Å². The number of Topliss-reactive ketones (excluding diaryl/α,β-unsaturated/α-hetero) is 2. The first-order chi connectivity index (χ1) is 15.8. The number of carbonyl (C=O) groups is 2. The summed E-state index contributed by atoms with van der Waals surface area (Å²) in [4.78, 5) is 31.3. The van der Waals surface area contributed by atoms with Gasteiger partial charge in [0.1, 0.15) is 11.4 Å². The minimum atomic E-state index is -0.151. The average Bonchev–Trinajstić information content (AvgIpc) is 3.31. The Labute approximate surface area is 185 Å². The molecule has 0 spiro atoms. The zero-order valence-electron chi connectivity index (χ0n) is 17.1. The predicted molar refractivity (Wildman–Crippen MR) is 126 cm³/mol. The number of hydrogen-bond donors (Lipinski definition) is 0. The standard InChI is InChI=1S/C28H18N2O2/c31-27-21-15-7-9-17-23(21)29(19-11-3-1-4-12-19)25(27)26-28(32)22-16-8-10-18-24(22)30(26)20-13-5-2-6-14-20/h1-18H. The highest BCUT2D eigenvalue weighted by atomic mass is 16.1. The van der Waals surface area contributed by atoms with E-state index in [1.807, 2.05) is 119 Å². The Hall–Kier alpha value is -4.44. The molecule has 0 aliphatic carbocycles. The maximum Gasteiger partial charge on any atom is 0.214 e. The molecule has 0 bridgehead atoms. The normalized spacial score (nSPS) is 17.0. The van der Waals surface area contributed by atoms with Gasteiger partial charge in [0.25, 0.3) is 0 Å². The van der Waals surface area contributed by atoms with E-state index in [9.17, 15) is 9.59 Å². The van der Waals surface area contributed by atoms with Crippen molar-refractivity contribution in [1.29, 1.82) is 0 Å². The van der Waals surface area contributed by atoms with Gasteiger partial charge in [-0.15, -0.1) is 0 Å². The van der Waals surface area contributed by atoms with Crippen LogP contribution in [0.3, 0.4) is 0 Å². The molecule has 4 aromatic rings. The summed E-state index contributed by atoms with van der Waals surface area (Å²) in [6, 6.07) is 34.4. The van der Waals surface area contributed by atoms with Gasteiger partial charge in [-0.1, -0.05) is 60.7 Å². The van der Waals surface area contributed by atoms with Crippen LogP contribution in [0.4, 0.5) is 22.7 Å². The summed E-state index contributed by atoms with van der Waals surface area (Å²) in [6.07, 6.45) is 0. The molecule has 0 N–H and O–H groups in total. The molecule has 32 heavy (non-hydrogen) atoms. The molecule has 4 heteroatoms. The number of carbonyl (C=O) groups excluding carboxylic acids is 2. The second-order valence-corrected chi connectivity index (χ2v) is 7.73. The van der Waals surface area contributed by atoms with Gasteiger partial charge in [0.2, 0.25) is 11.6 Å². The summed E-state index contributed by atoms with van der Waals surface area (Å²) in [5.74, 6) is -0.303. The van der Waals surface area contributed by atoms with Gasteiger partial charge < -0.3 is 9.80 Å². The topological polar surface area (TPSA) is 40.6 Å². The molecule has 2 aliphatic rings. The summed E-state index contributed by atoms with van der Waals surface area (Å²) < 4.78 is 0. The third kappa shape index (κ3) is 2.56. The molecule has 2 heterocycles. The predicted octanol–water partition coefficient (Wildman–Crippen LogP) is 6.27. The van der Waals surface area contributed by atoms with Crippen molar-refractivity contribution in [1.82, 2.24) is 0 Å². The van der Waals surface area contributed by atoms with E-state index >= 15 is 0 Å². The SMILES string of the molecule is O=C1C(=C2C(=O)c3ccccc3N2c2ccccc2)N(c2ccccc2)c2ccccc21. The van der Waals surface area contributed by atoms with Gasteiger partial charge >= 0.3 is 0 Å².